The first-order valence-electron chi connectivity index (χ1n) is 11.0. The lowest BCUT2D eigenvalue weighted by molar-refractivity contribution is 0.0696. The zero-order valence-corrected chi connectivity index (χ0v) is 18.6. The quantitative estimate of drug-likeness (QED) is 0.270. The molecular formula is C28H22N4O3. The number of benzene rings is 1. The summed E-state index contributed by atoms with van der Waals surface area (Å²) in [6, 6.07) is 22.5. The van der Waals surface area contributed by atoms with Gasteiger partial charge in [-0.1, -0.05) is 12.1 Å². The van der Waals surface area contributed by atoms with Crippen LogP contribution in [-0.2, 0) is 6.61 Å². The van der Waals surface area contributed by atoms with Crippen LogP contribution in [0.4, 0.5) is 0 Å². The molecule has 0 amide bonds. The number of nitrogens with zero attached hydrogens (tertiary/aromatic N) is 2. The van der Waals surface area contributed by atoms with Crippen LogP contribution in [0.25, 0.3) is 46.4 Å². The number of aliphatic hydroxyl groups excluding tert-OH is 1. The van der Waals surface area contributed by atoms with Crippen molar-refractivity contribution >= 4 is 52.3 Å². The Morgan fingerprint density at radius 2 is 1.00 bits per heavy atom. The van der Waals surface area contributed by atoms with Crippen LogP contribution in [0, 0.1) is 0 Å². The van der Waals surface area contributed by atoms with Gasteiger partial charge in [-0.15, -0.1) is 0 Å². The van der Waals surface area contributed by atoms with Gasteiger partial charge in [0.1, 0.15) is 0 Å². The summed E-state index contributed by atoms with van der Waals surface area (Å²) in [5, 5.41) is 17.1. The Labute approximate surface area is 200 Å². The predicted octanol–water partition coefficient (Wildman–Crippen LogP) is 5.53. The number of nitrogens with one attached hydrogen (secondary N) is 2. The molecule has 4 N–H and O–H groups in total. The first-order valence-corrected chi connectivity index (χ1v) is 11.0. The SMILES string of the molecule is C1=Cc2cc3ccc(cc4nc(cc5ccc(cc1n2)[nH]5)C=C4)[nH]3.O=C(O)c1ccc(CO)cc1. The fraction of sp³-hybridized carbons (Fsp3) is 0.0357. The van der Waals surface area contributed by atoms with E-state index in [1.165, 1.54) is 12.1 Å². The maximum Gasteiger partial charge on any atom is 0.335 e. The smallest absolute Gasteiger partial charge is 0.335 e. The van der Waals surface area contributed by atoms with Gasteiger partial charge in [-0.25, -0.2) is 14.8 Å². The average molecular weight is 463 g/mol. The van der Waals surface area contributed by atoms with E-state index in [2.05, 4.69) is 44.2 Å². The Bertz CT molecular complexity index is 1430. The highest BCUT2D eigenvalue weighted by molar-refractivity contribution is 5.87. The van der Waals surface area contributed by atoms with Crippen LogP contribution in [-0.4, -0.2) is 36.1 Å². The summed E-state index contributed by atoms with van der Waals surface area (Å²) in [5.74, 6) is -0.950. The molecule has 0 fully saturated rings. The highest BCUT2D eigenvalue weighted by Gasteiger charge is 2.01. The lowest BCUT2D eigenvalue weighted by Crippen LogP contribution is -1.95. The molecule has 3 aromatic heterocycles. The standard InChI is InChI=1S/C20H14N4.C8H8O3/c1-2-14-10-16-5-6-18(23-16)12-20-8-7-19(24-20)11-17-4-3-15(22-17)9-13(1)21-14;9-5-6-1-3-7(4-2-6)8(10)11/h1-12,21,24H;1-4,9H,5H2,(H,10,11). The van der Waals surface area contributed by atoms with Crippen molar-refractivity contribution in [3.8, 4) is 0 Å². The number of carbonyl (C=O) groups is 1. The molecule has 2 aliphatic heterocycles. The molecule has 0 unspecified atom stereocenters. The van der Waals surface area contributed by atoms with Crippen LogP contribution >= 0.6 is 0 Å². The third-order valence-corrected chi connectivity index (χ3v) is 5.43. The summed E-state index contributed by atoms with van der Waals surface area (Å²) in [5.41, 5.74) is 8.82. The second kappa shape index (κ2) is 9.62. The van der Waals surface area contributed by atoms with Crippen molar-refractivity contribution in [2.24, 2.45) is 0 Å². The molecule has 35 heavy (non-hydrogen) atoms. The van der Waals surface area contributed by atoms with Crippen molar-refractivity contribution in [3.63, 3.8) is 0 Å². The molecule has 172 valence electrons. The highest BCUT2D eigenvalue weighted by Crippen LogP contribution is 2.17. The third kappa shape index (κ3) is 5.43. The molecule has 0 aliphatic carbocycles. The molecule has 6 rings (SSSR count). The van der Waals surface area contributed by atoms with E-state index in [9.17, 15) is 4.79 Å². The van der Waals surface area contributed by atoms with Gasteiger partial charge in [-0.05, 0) is 90.5 Å². The maximum atomic E-state index is 10.3. The molecule has 0 atom stereocenters. The molecular weight excluding hydrogens is 440 g/mol. The Morgan fingerprint density at radius 3 is 1.31 bits per heavy atom. The van der Waals surface area contributed by atoms with Crippen molar-refractivity contribution in [1.29, 1.82) is 0 Å². The number of aromatic nitrogens is 4. The van der Waals surface area contributed by atoms with E-state index in [1.807, 2.05) is 48.6 Å². The van der Waals surface area contributed by atoms with E-state index in [4.69, 9.17) is 10.2 Å². The van der Waals surface area contributed by atoms with Gasteiger partial charge in [-0.2, -0.15) is 0 Å². The minimum absolute atomic E-state index is 0.0557. The van der Waals surface area contributed by atoms with Gasteiger partial charge < -0.3 is 20.2 Å². The zero-order valence-electron chi connectivity index (χ0n) is 18.6. The van der Waals surface area contributed by atoms with Gasteiger partial charge in [0, 0.05) is 22.1 Å². The van der Waals surface area contributed by atoms with Crippen molar-refractivity contribution < 1.29 is 15.0 Å². The summed E-state index contributed by atoms with van der Waals surface area (Å²) in [6.45, 7) is -0.0557. The van der Waals surface area contributed by atoms with Crippen molar-refractivity contribution in [2.75, 3.05) is 0 Å². The van der Waals surface area contributed by atoms with Gasteiger partial charge in [0.15, 0.2) is 0 Å². The van der Waals surface area contributed by atoms with Crippen LogP contribution in [0.1, 0.15) is 38.7 Å². The van der Waals surface area contributed by atoms with Gasteiger partial charge >= 0.3 is 5.97 Å². The fourth-order valence-corrected chi connectivity index (χ4v) is 3.70. The van der Waals surface area contributed by atoms with Crippen LogP contribution in [0.2, 0.25) is 0 Å². The van der Waals surface area contributed by atoms with E-state index in [0.717, 1.165) is 50.4 Å². The molecule has 0 radical (unpaired) electrons. The minimum atomic E-state index is -0.950. The monoisotopic (exact) mass is 462 g/mol. The fourth-order valence-electron chi connectivity index (χ4n) is 3.70. The molecule has 0 saturated carbocycles. The molecule has 7 heteroatoms. The molecule has 8 bridgehead atoms. The minimum Gasteiger partial charge on any atom is -0.478 e. The maximum absolute atomic E-state index is 10.3. The van der Waals surface area contributed by atoms with Crippen molar-refractivity contribution in [1.82, 2.24) is 19.9 Å². The number of rotatable bonds is 2. The molecule has 0 saturated heterocycles. The van der Waals surface area contributed by atoms with Crippen LogP contribution < -0.4 is 0 Å². The van der Waals surface area contributed by atoms with E-state index >= 15 is 0 Å². The number of aliphatic hydroxyl groups is 1. The number of H-pyrrole nitrogens is 2. The Morgan fingerprint density at radius 1 is 0.629 bits per heavy atom. The zero-order chi connectivity index (χ0) is 24.2. The van der Waals surface area contributed by atoms with Crippen molar-refractivity contribution in [2.45, 2.75) is 6.61 Å². The second-order valence-electron chi connectivity index (χ2n) is 8.07. The number of fused-ring (bicyclic) bond motifs is 8. The lowest BCUT2D eigenvalue weighted by atomic mass is 10.1. The normalized spacial score (nSPS) is 11.7. The average Bonchev–Trinajstić information content (AvgIpc) is 3.66. The summed E-state index contributed by atoms with van der Waals surface area (Å²) in [6.07, 6.45) is 8.09. The molecule has 0 spiro atoms. The first kappa shape index (κ1) is 22.1. The molecule has 1 aromatic carbocycles. The number of hydrogen-bond donors (Lipinski definition) is 4. The van der Waals surface area contributed by atoms with Crippen molar-refractivity contribution in [3.05, 3.63) is 107 Å². The van der Waals surface area contributed by atoms with Gasteiger partial charge in [0.2, 0.25) is 0 Å². The number of aromatic carboxylic acids is 1. The highest BCUT2D eigenvalue weighted by atomic mass is 16.4. The van der Waals surface area contributed by atoms with Crippen LogP contribution in [0.3, 0.4) is 0 Å². The largest absolute Gasteiger partial charge is 0.478 e. The number of carboxylic acids is 1. The first-order chi connectivity index (χ1) is 17.0. The van der Waals surface area contributed by atoms with E-state index < -0.39 is 5.97 Å². The molecule has 5 heterocycles. The molecule has 4 aromatic rings. The number of aromatic amines is 2. The van der Waals surface area contributed by atoms with Gasteiger partial charge in [0.25, 0.3) is 0 Å². The summed E-state index contributed by atoms with van der Waals surface area (Å²) < 4.78 is 0. The van der Waals surface area contributed by atoms with E-state index in [0.29, 0.717) is 0 Å². The number of carboxylic acid groups (broad SMARTS) is 1. The Kier molecular flexibility index (Phi) is 6.07. The third-order valence-electron chi connectivity index (χ3n) is 5.43. The van der Waals surface area contributed by atoms with Crippen LogP contribution in [0.15, 0.2) is 72.8 Å². The number of hydrogen-bond acceptors (Lipinski definition) is 4. The summed E-state index contributed by atoms with van der Waals surface area (Å²) >= 11 is 0. The predicted molar refractivity (Wildman–Crippen MR) is 138 cm³/mol. The summed E-state index contributed by atoms with van der Waals surface area (Å²) in [4.78, 5) is 26.4. The van der Waals surface area contributed by atoms with E-state index in [1.54, 1.807) is 12.1 Å². The van der Waals surface area contributed by atoms with E-state index in [-0.39, 0.29) is 12.2 Å². The molecule has 2 aliphatic rings. The Hall–Kier alpha value is -4.75. The lowest BCUT2D eigenvalue weighted by Gasteiger charge is -1.95. The Balaban J connectivity index is 0.000000195. The summed E-state index contributed by atoms with van der Waals surface area (Å²) in [7, 11) is 0. The topological polar surface area (TPSA) is 115 Å². The van der Waals surface area contributed by atoms with Gasteiger partial charge in [-0.3, -0.25) is 0 Å². The van der Waals surface area contributed by atoms with Gasteiger partial charge in [0.05, 0.1) is 34.9 Å². The molecule has 7 nitrogen and oxygen atoms in total. The second-order valence-corrected chi connectivity index (χ2v) is 8.07. The van der Waals surface area contributed by atoms with Crippen LogP contribution in [0.5, 0.6) is 0 Å².